The van der Waals surface area contributed by atoms with E-state index >= 15 is 0 Å². The van der Waals surface area contributed by atoms with E-state index in [0.29, 0.717) is 30.3 Å². The van der Waals surface area contributed by atoms with Crippen LogP contribution in [0.2, 0.25) is 0 Å². The number of fused-ring (bicyclic) bond motifs is 1. The van der Waals surface area contributed by atoms with Crippen molar-refractivity contribution in [1.82, 2.24) is 0 Å². The molecule has 18 heavy (non-hydrogen) atoms. The summed E-state index contributed by atoms with van der Waals surface area (Å²) in [4.78, 5) is 23.0. The van der Waals surface area contributed by atoms with E-state index in [0.717, 1.165) is 0 Å². The van der Waals surface area contributed by atoms with Gasteiger partial charge in [-0.15, -0.1) is 0 Å². The van der Waals surface area contributed by atoms with E-state index in [9.17, 15) is 9.59 Å². The van der Waals surface area contributed by atoms with Crippen LogP contribution in [0.1, 0.15) is 23.7 Å². The van der Waals surface area contributed by atoms with E-state index in [2.05, 4.69) is 0 Å². The van der Waals surface area contributed by atoms with Crippen LogP contribution in [0.3, 0.4) is 0 Å². The van der Waals surface area contributed by atoms with E-state index in [-0.39, 0.29) is 6.42 Å². The first-order chi connectivity index (χ1) is 8.63. The number of ketones is 1. The Labute approximate surface area is 104 Å². The Morgan fingerprint density at radius 2 is 1.94 bits per heavy atom. The zero-order valence-corrected chi connectivity index (χ0v) is 10.0. The van der Waals surface area contributed by atoms with Crippen molar-refractivity contribution in [1.29, 1.82) is 0 Å². The molecule has 0 saturated heterocycles. The molecule has 0 spiro atoms. The van der Waals surface area contributed by atoms with Crippen LogP contribution in [-0.4, -0.2) is 30.1 Å². The average Bonchev–Trinajstić information content (AvgIpc) is 2.38. The molecule has 0 saturated carbocycles. The molecule has 0 amide bonds. The second-order valence-electron chi connectivity index (χ2n) is 4.02. The van der Waals surface area contributed by atoms with Crippen LogP contribution in [-0.2, 0) is 4.79 Å². The van der Waals surface area contributed by atoms with Crippen LogP contribution in [0.5, 0.6) is 11.5 Å². The van der Waals surface area contributed by atoms with Crippen molar-refractivity contribution >= 4 is 11.8 Å². The maximum absolute atomic E-state index is 12.0. The van der Waals surface area contributed by atoms with Gasteiger partial charge >= 0.3 is 5.97 Å². The predicted molar refractivity (Wildman–Crippen MR) is 63.2 cm³/mol. The number of carboxylic acid groups (broad SMARTS) is 1. The third-order valence-electron chi connectivity index (χ3n) is 2.85. The summed E-state index contributed by atoms with van der Waals surface area (Å²) in [6.07, 6.45) is 0.266. The van der Waals surface area contributed by atoms with Gasteiger partial charge in [0.2, 0.25) is 0 Å². The Bertz CT molecular complexity index is 480. The number of carboxylic acids is 1. The maximum atomic E-state index is 12.0. The summed E-state index contributed by atoms with van der Waals surface area (Å²) < 4.78 is 10.7. The fourth-order valence-corrected chi connectivity index (χ4v) is 1.87. The van der Waals surface area contributed by atoms with Crippen LogP contribution in [0.15, 0.2) is 18.2 Å². The van der Waals surface area contributed by atoms with Crippen LogP contribution >= 0.6 is 0 Å². The van der Waals surface area contributed by atoms with Gasteiger partial charge in [0.05, 0.1) is 0 Å². The first kappa shape index (κ1) is 12.4. The number of rotatable bonds is 4. The highest BCUT2D eigenvalue weighted by Gasteiger charge is 2.26. The number of ether oxygens (including phenoxy) is 2. The SMILES string of the molecule is CCC(C(=O)O)C(=O)c1ccc2c(c1)OCCO2. The Kier molecular flexibility index (Phi) is 3.50. The molecule has 0 radical (unpaired) electrons. The Morgan fingerprint density at radius 3 is 2.56 bits per heavy atom. The molecule has 1 aromatic rings. The molecule has 0 fully saturated rings. The van der Waals surface area contributed by atoms with E-state index in [4.69, 9.17) is 14.6 Å². The molecular weight excluding hydrogens is 236 g/mol. The summed E-state index contributed by atoms with van der Waals surface area (Å²) in [7, 11) is 0. The van der Waals surface area contributed by atoms with Gasteiger partial charge in [-0.25, -0.2) is 0 Å². The molecule has 5 heteroatoms. The smallest absolute Gasteiger partial charge is 0.314 e. The van der Waals surface area contributed by atoms with Gasteiger partial charge in [-0.2, -0.15) is 0 Å². The molecule has 1 unspecified atom stereocenters. The van der Waals surface area contributed by atoms with Gasteiger partial charge in [0.15, 0.2) is 17.3 Å². The third kappa shape index (κ3) is 2.30. The minimum atomic E-state index is -1.10. The molecule has 1 aliphatic rings. The topological polar surface area (TPSA) is 72.8 Å². The predicted octanol–water partition coefficient (Wildman–Crippen LogP) is 1.75. The fourth-order valence-electron chi connectivity index (χ4n) is 1.87. The molecule has 1 atom stereocenters. The van der Waals surface area contributed by atoms with E-state index < -0.39 is 17.7 Å². The van der Waals surface area contributed by atoms with Gasteiger partial charge in [0.1, 0.15) is 19.1 Å². The highest BCUT2D eigenvalue weighted by Crippen LogP contribution is 2.31. The number of aliphatic carboxylic acids is 1. The number of hydrogen-bond donors (Lipinski definition) is 1. The molecule has 5 nitrogen and oxygen atoms in total. The number of carbonyl (C=O) groups excluding carboxylic acids is 1. The van der Waals surface area contributed by atoms with E-state index in [1.54, 1.807) is 25.1 Å². The van der Waals surface area contributed by atoms with Crippen molar-refractivity contribution in [3.05, 3.63) is 23.8 Å². The minimum Gasteiger partial charge on any atom is -0.486 e. The Morgan fingerprint density at radius 1 is 1.28 bits per heavy atom. The van der Waals surface area contributed by atoms with Gasteiger partial charge in [-0.1, -0.05) is 6.92 Å². The van der Waals surface area contributed by atoms with Crippen molar-refractivity contribution < 1.29 is 24.2 Å². The molecule has 0 aromatic heterocycles. The lowest BCUT2D eigenvalue weighted by molar-refractivity contribution is -0.140. The van der Waals surface area contributed by atoms with Gasteiger partial charge in [-0.3, -0.25) is 9.59 Å². The number of carbonyl (C=O) groups is 2. The van der Waals surface area contributed by atoms with Crippen molar-refractivity contribution in [2.45, 2.75) is 13.3 Å². The molecular formula is C13H14O5. The third-order valence-corrected chi connectivity index (χ3v) is 2.85. The highest BCUT2D eigenvalue weighted by atomic mass is 16.6. The first-order valence-corrected chi connectivity index (χ1v) is 5.80. The van der Waals surface area contributed by atoms with Crippen molar-refractivity contribution in [3.8, 4) is 11.5 Å². The summed E-state index contributed by atoms with van der Waals surface area (Å²) in [5.41, 5.74) is 0.341. The molecule has 1 aliphatic heterocycles. The monoisotopic (exact) mass is 250 g/mol. The van der Waals surface area contributed by atoms with Gasteiger partial charge in [0.25, 0.3) is 0 Å². The lowest BCUT2D eigenvalue weighted by atomic mass is 9.95. The van der Waals surface area contributed by atoms with E-state index in [1.807, 2.05) is 0 Å². The highest BCUT2D eigenvalue weighted by molar-refractivity contribution is 6.08. The lowest BCUT2D eigenvalue weighted by Crippen LogP contribution is -2.23. The Hall–Kier alpha value is -2.04. The summed E-state index contributed by atoms with van der Waals surface area (Å²) in [5, 5.41) is 8.97. The first-order valence-electron chi connectivity index (χ1n) is 5.80. The van der Waals surface area contributed by atoms with Crippen LogP contribution < -0.4 is 9.47 Å². The fraction of sp³-hybridized carbons (Fsp3) is 0.385. The largest absolute Gasteiger partial charge is 0.486 e. The van der Waals surface area contributed by atoms with Crippen LogP contribution in [0, 0.1) is 5.92 Å². The van der Waals surface area contributed by atoms with Gasteiger partial charge in [-0.05, 0) is 24.6 Å². The quantitative estimate of drug-likeness (QED) is 0.651. The van der Waals surface area contributed by atoms with Gasteiger partial charge < -0.3 is 14.6 Å². The molecule has 2 rings (SSSR count). The summed E-state index contributed by atoms with van der Waals surface area (Å²) in [6.45, 7) is 2.59. The molecule has 1 N–H and O–H groups in total. The molecule has 96 valence electrons. The van der Waals surface area contributed by atoms with E-state index in [1.165, 1.54) is 0 Å². The lowest BCUT2D eigenvalue weighted by Gasteiger charge is -2.19. The van der Waals surface area contributed by atoms with Crippen molar-refractivity contribution in [3.63, 3.8) is 0 Å². The van der Waals surface area contributed by atoms with Crippen molar-refractivity contribution in [2.24, 2.45) is 5.92 Å². The Balaban J connectivity index is 2.28. The zero-order valence-electron chi connectivity index (χ0n) is 10.0. The maximum Gasteiger partial charge on any atom is 0.314 e. The average molecular weight is 250 g/mol. The standard InChI is InChI=1S/C13H14O5/c1-2-9(13(15)16)12(14)8-3-4-10-11(7-8)18-6-5-17-10/h3-4,7,9H,2,5-6H2,1H3,(H,15,16). The molecule has 1 heterocycles. The second-order valence-corrected chi connectivity index (χ2v) is 4.02. The number of benzene rings is 1. The van der Waals surface area contributed by atoms with Gasteiger partial charge in [0, 0.05) is 5.56 Å². The second kappa shape index (κ2) is 5.08. The van der Waals surface area contributed by atoms with Crippen molar-refractivity contribution in [2.75, 3.05) is 13.2 Å². The minimum absolute atomic E-state index is 0.266. The normalized spacial score (nSPS) is 14.9. The summed E-state index contributed by atoms with van der Waals surface area (Å²) in [6, 6.07) is 4.75. The van der Waals surface area contributed by atoms with Crippen LogP contribution in [0.25, 0.3) is 0 Å². The summed E-state index contributed by atoms with van der Waals surface area (Å²) in [5.74, 6) is -1.43. The molecule has 0 aliphatic carbocycles. The van der Waals surface area contributed by atoms with Crippen LogP contribution in [0.4, 0.5) is 0 Å². The number of hydrogen-bond acceptors (Lipinski definition) is 4. The molecule has 1 aromatic carbocycles. The summed E-state index contributed by atoms with van der Waals surface area (Å²) >= 11 is 0. The molecule has 0 bridgehead atoms. The zero-order chi connectivity index (χ0) is 13.1. The number of Topliss-reactive ketones (excluding diaryl/α,β-unsaturated/α-hetero) is 1.